The summed E-state index contributed by atoms with van der Waals surface area (Å²) < 4.78 is 6.97. The molecular formula is C15H20N6O3. The highest BCUT2D eigenvalue weighted by Crippen LogP contribution is 2.15. The minimum absolute atomic E-state index is 0.00680. The molecule has 0 radical (unpaired) electrons. The van der Waals surface area contributed by atoms with Gasteiger partial charge < -0.3 is 15.0 Å². The monoisotopic (exact) mass is 332 g/mol. The second-order valence-corrected chi connectivity index (χ2v) is 5.14. The van der Waals surface area contributed by atoms with Gasteiger partial charge in [0.25, 0.3) is 5.91 Å². The summed E-state index contributed by atoms with van der Waals surface area (Å²) in [6.45, 7) is 2.41. The Kier molecular flexibility index (Phi) is 6.23. The molecule has 0 atom stereocenters. The molecule has 0 saturated carbocycles. The van der Waals surface area contributed by atoms with Crippen LogP contribution in [0, 0.1) is 0 Å². The first-order chi connectivity index (χ1) is 11.6. The summed E-state index contributed by atoms with van der Waals surface area (Å²) in [6.07, 6.45) is 2.32. The molecule has 0 aliphatic carbocycles. The number of hydrogen-bond donors (Lipinski definition) is 1. The van der Waals surface area contributed by atoms with Crippen LogP contribution in [0.5, 0.6) is 5.75 Å². The van der Waals surface area contributed by atoms with Crippen LogP contribution in [0.15, 0.2) is 30.6 Å². The maximum absolute atomic E-state index is 12.0. The smallest absolute Gasteiger partial charge is 0.260 e. The molecule has 1 aromatic heterocycles. The first kappa shape index (κ1) is 17.4. The Balaban J connectivity index is 1.85. The van der Waals surface area contributed by atoms with Crippen LogP contribution in [0.25, 0.3) is 5.69 Å². The highest BCUT2D eigenvalue weighted by Gasteiger charge is 2.13. The predicted molar refractivity (Wildman–Crippen MR) is 85.6 cm³/mol. The molecule has 24 heavy (non-hydrogen) atoms. The number of tetrazole rings is 1. The van der Waals surface area contributed by atoms with E-state index in [-0.39, 0.29) is 25.0 Å². The molecule has 2 rings (SSSR count). The molecule has 2 amide bonds. The van der Waals surface area contributed by atoms with Crippen LogP contribution >= 0.6 is 0 Å². The van der Waals surface area contributed by atoms with Crippen LogP contribution in [0.1, 0.15) is 13.3 Å². The average Bonchev–Trinajstić information content (AvgIpc) is 3.12. The largest absolute Gasteiger partial charge is 0.484 e. The standard InChI is InChI=1S/C15H20N6O3/c1-3-7-16-14(22)9-20(2)15(23)10-24-13-6-4-5-12(8-13)21-11-17-18-19-21/h4-6,8,11H,3,7,9-10H2,1-2H3,(H,16,22). The van der Waals surface area contributed by atoms with Crippen molar-refractivity contribution in [3.63, 3.8) is 0 Å². The number of carbonyl (C=O) groups is 2. The molecule has 9 heteroatoms. The number of nitrogens with one attached hydrogen (secondary N) is 1. The van der Waals surface area contributed by atoms with Crippen molar-refractivity contribution in [2.75, 3.05) is 26.7 Å². The second kappa shape index (κ2) is 8.61. The van der Waals surface area contributed by atoms with Crippen LogP contribution in [-0.4, -0.2) is 63.7 Å². The Morgan fingerprint density at radius 1 is 1.38 bits per heavy atom. The van der Waals surface area contributed by atoms with Gasteiger partial charge in [0.15, 0.2) is 6.61 Å². The Morgan fingerprint density at radius 2 is 2.21 bits per heavy atom. The molecule has 0 fully saturated rings. The van der Waals surface area contributed by atoms with E-state index in [1.54, 1.807) is 25.2 Å². The fraction of sp³-hybridized carbons (Fsp3) is 0.400. The van der Waals surface area contributed by atoms with Gasteiger partial charge in [-0.05, 0) is 29.0 Å². The Bertz CT molecular complexity index is 674. The first-order valence-electron chi connectivity index (χ1n) is 7.57. The van der Waals surface area contributed by atoms with Gasteiger partial charge >= 0.3 is 0 Å². The summed E-state index contributed by atoms with van der Waals surface area (Å²) in [5, 5.41) is 13.6. The van der Waals surface area contributed by atoms with E-state index in [1.165, 1.54) is 15.9 Å². The average molecular weight is 332 g/mol. The first-order valence-corrected chi connectivity index (χ1v) is 7.57. The van der Waals surface area contributed by atoms with Gasteiger partial charge in [-0.1, -0.05) is 13.0 Å². The molecule has 0 unspecified atom stereocenters. The van der Waals surface area contributed by atoms with Crippen LogP contribution in [0.3, 0.4) is 0 Å². The number of amides is 2. The summed E-state index contributed by atoms with van der Waals surface area (Å²) in [7, 11) is 1.56. The van der Waals surface area contributed by atoms with E-state index in [0.29, 0.717) is 12.3 Å². The van der Waals surface area contributed by atoms with Gasteiger partial charge in [-0.2, -0.15) is 0 Å². The highest BCUT2D eigenvalue weighted by atomic mass is 16.5. The molecule has 0 saturated heterocycles. The number of benzene rings is 1. The van der Waals surface area contributed by atoms with E-state index >= 15 is 0 Å². The van der Waals surface area contributed by atoms with Crippen LogP contribution in [0.4, 0.5) is 0 Å². The van der Waals surface area contributed by atoms with Crippen LogP contribution in [-0.2, 0) is 9.59 Å². The minimum Gasteiger partial charge on any atom is -0.484 e. The molecule has 1 heterocycles. The normalized spacial score (nSPS) is 10.2. The predicted octanol–water partition coefficient (Wildman–Crippen LogP) is 0.0257. The number of ether oxygens (including phenoxy) is 1. The SMILES string of the molecule is CCCNC(=O)CN(C)C(=O)COc1cccc(-n2cnnn2)c1. The third-order valence-corrected chi connectivity index (χ3v) is 3.17. The zero-order valence-electron chi connectivity index (χ0n) is 13.7. The molecule has 1 N–H and O–H groups in total. The maximum Gasteiger partial charge on any atom is 0.260 e. The third kappa shape index (κ3) is 5.04. The van der Waals surface area contributed by atoms with Gasteiger partial charge in [0.2, 0.25) is 5.91 Å². The molecule has 9 nitrogen and oxygen atoms in total. The highest BCUT2D eigenvalue weighted by molar-refractivity contribution is 5.85. The topological polar surface area (TPSA) is 102 Å². The number of carbonyl (C=O) groups excluding carboxylic acids is 2. The van der Waals surface area contributed by atoms with Crippen molar-refractivity contribution in [3.8, 4) is 11.4 Å². The van der Waals surface area contributed by atoms with E-state index in [4.69, 9.17) is 4.74 Å². The molecule has 0 spiro atoms. The van der Waals surface area contributed by atoms with Crippen molar-refractivity contribution < 1.29 is 14.3 Å². The number of likely N-dealkylation sites (N-methyl/N-ethyl adjacent to an activating group) is 1. The Labute approximate surface area is 139 Å². The van der Waals surface area contributed by atoms with E-state index in [2.05, 4.69) is 20.8 Å². The lowest BCUT2D eigenvalue weighted by atomic mass is 10.3. The summed E-state index contributed by atoms with van der Waals surface area (Å²) in [6, 6.07) is 7.04. The van der Waals surface area contributed by atoms with E-state index in [0.717, 1.165) is 12.1 Å². The third-order valence-electron chi connectivity index (χ3n) is 3.17. The summed E-state index contributed by atoms with van der Waals surface area (Å²) in [5.74, 6) is 0.0445. The Hall–Kier alpha value is -2.97. The lowest BCUT2D eigenvalue weighted by Gasteiger charge is -2.17. The van der Waals surface area contributed by atoms with Gasteiger partial charge in [0, 0.05) is 19.7 Å². The fourth-order valence-corrected chi connectivity index (χ4v) is 1.87. The molecule has 0 bridgehead atoms. The number of nitrogens with zero attached hydrogens (tertiary/aromatic N) is 5. The summed E-state index contributed by atoms with van der Waals surface area (Å²) in [4.78, 5) is 25.0. The van der Waals surface area contributed by atoms with Crippen molar-refractivity contribution in [1.29, 1.82) is 0 Å². The van der Waals surface area contributed by atoms with Crippen molar-refractivity contribution in [2.45, 2.75) is 13.3 Å². The van der Waals surface area contributed by atoms with Gasteiger partial charge in [-0.3, -0.25) is 9.59 Å². The lowest BCUT2D eigenvalue weighted by molar-refractivity contribution is -0.136. The molecule has 2 aromatic rings. The van der Waals surface area contributed by atoms with Crippen LogP contribution in [0.2, 0.25) is 0 Å². The van der Waals surface area contributed by atoms with Gasteiger partial charge in [-0.25, -0.2) is 4.68 Å². The zero-order valence-corrected chi connectivity index (χ0v) is 13.7. The van der Waals surface area contributed by atoms with Crippen molar-refractivity contribution >= 4 is 11.8 Å². The number of rotatable bonds is 8. The van der Waals surface area contributed by atoms with Crippen molar-refractivity contribution in [2.24, 2.45) is 0 Å². The van der Waals surface area contributed by atoms with Crippen molar-refractivity contribution in [1.82, 2.24) is 30.4 Å². The lowest BCUT2D eigenvalue weighted by Crippen LogP contribution is -2.40. The fourth-order valence-electron chi connectivity index (χ4n) is 1.87. The second-order valence-electron chi connectivity index (χ2n) is 5.14. The Morgan fingerprint density at radius 3 is 2.92 bits per heavy atom. The van der Waals surface area contributed by atoms with Gasteiger partial charge in [0.1, 0.15) is 12.1 Å². The van der Waals surface area contributed by atoms with E-state index < -0.39 is 0 Å². The van der Waals surface area contributed by atoms with E-state index in [1.807, 2.05) is 13.0 Å². The quantitative estimate of drug-likeness (QED) is 0.731. The van der Waals surface area contributed by atoms with Crippen LogP contribution < -0.4 is 10.1 Å². The number of aromatic nitrogens is 4. The number of hydrogen-bond acceptors (Lipinski definition) is 6. The van der Waals surface area contributed by atoms with E-state index in [9.17, 15) is 9.59 Å². The minimum atomic E-state index is -0.283. The summed E-state index contributed by atoms with van der Waals surface area (Å²) in [5.41, 5.74) is 0.720. The molecule has 128 valence electrons. The van der Waals surface area contributed by atoms with Crippen molar-refractivity contribution in [3.05, 3.63) is 30.6 Å². The molecular weight excluding hydrogens is 312 g/mol. The molecule has 0 aliphatic rings. The molecule has 0 aliphatic heterocycles. The molecule has 1 aromatic carbocycles. The maximum atomic E-state index is 12.0. The summed E-state index contributed by atoms with van der Waals surface area (Å²) >= 11 is 0. The zero-order chi connectivity index (χ0) is 17.4. The van der Waals surface area contributed by atoms with Gasteiger partial charge in [0.05, 0.1) is 12.2 Å². The van der Waals surface area contributed by atoms with Gasteiger partial charge in [-0.15, -0.1) is 5.10 Å².